The van der Waals surface area contributed by atoms with Crippen molar-refractivity contribution in [1.82, 2.24) is 5.32 Å². The van der Waals surface area contributed by atoms with Gasteiger partial charge in [-0.05, 0) is 31.2 Å². The van der Waals surface area contributed by atoms with Crippen molar-refractivity contribution in [2.45, 2.75) is 37.8 Å². The number of carbonyl (C=O) groups is 1. The normalized spacial score (nSPS) is 20.2. The first kappa shape index (κ1) is 14.0. The van der Waals surface area contributed by atoms with Gasteiger partial charge in [-0.2, -0.15) is 0 Å². The van der Waals surface area contributed by atoms with E-state index in [1.165, 1.54) is 0 Å². The molecule has 4 nitrogen and oxygen atoms in total. The molecule has 2 rings (SSSR count). The smallest absolute Gasteiger partial charge is 0.249 e. The van der Waals surface area contributed by atoms with Crippen LogP contribution in [0.1, 0.15) is 37.3 Å². The zero-order valence-corrected chi connectivity index (χ0v) is 11.0. The second kappa shape index (κ2) is 7.26. The number of aliphatic hydroxyl groups excluding tert-OH is 1. The summed E-state index contributed by atoms with van der Waals surface area (Å²) in [6, 6.07) is 9.81. The Hall–Kier alpha value is -1.39. The summed E-state index contributed by atoms with van der Waals surface area (Å²) in [6.07, 6.45) is 2.85. The van der Waals surface area contributed by atoms with Gasteiger partial charge in [0.15, 0.2) is 0 Å². The summed E-state index contributed by atoms with van der Waals surface area (Å²) in [5.41, 5.74) is 1.07. The predicted octanol–water partition coefficient (Wildman–Crippen LogP) is 1.80. The Labute approximate surface area is 113 Å². The summed E-state index contributed by atoms with van der Waals surface area (Å²) in [4.78, 5) is 12.1. The standard InChI is InChI=1S/C15H21NO3/c17-10-4-8-13(12-6-2-1-3-7-12)16-15(18)14-9-5-11-19-14/h1-3,6-7,13-14,17H,4-5,8-11H2,(H,16,18). The molecule has 0 aromatic heterocycles. The second-order valence-electron chi connectivity index (χ2n) is 4.84. The fourth-order valence-corrected chi connectivity index (χ4v) is 2.35. The van der Waals surface area contributed by atoms with Crippen LogP contribution in [0.5, 0.6) is 0 Å². The number of hydrogen-bond donors (Lipinski definition) is 2. The van der Waals surface area contributed by atoms with Crippen LogP contribution in [0.15, 0.2) is 30.3 Å². The summed E-state index contributed by atoms with van der Waals surface area (Å²) in [6.45, 7) is 0.809. The van der Waals surface area contributed by atoms with E-state index in [0.717, 1.165) is 24.8 Å². The summed E-state index contributed by atoms with van der Waals surface area (Å²) < 4.78 is 5.39. The number of ether oxygens (including phenoxy) is 1. The quantitative estimate of drug-likeness (QED) is 0.822. The van der Waals surface area contributed by atoms with Gasteiger partial charge in [0.2, 0.25) is 5.91 Å². The number of benzene rings is 1. The molecule has 0 bridgehead atoms. The van der Waals surface area contributed by atoms with Gasteiger partial charge in [0.05, 0.1) is 6.04 Å². The Morgan fingerprint density at radius 3 is 2.84 bits per heavy atom. The summed E-state index contributed by atoms with van der Waals surface area (Å²) in [5.74, 6) is -0.0377. The van der Waals surface area contributed by atoms with Crippen LogP contribution in [0.3, 0.4) is 0 Å². The van der Waals surface area contributed by atoms with Gasteiger partial charge >= 0.3 is 0 Å². The maximum Gasteiger partial charge on any atom is 0.249 e. The fourth-order valence-electron chi connectivity index (χ4n) is 2.35. The van der Waals surface area contributed by atoms with Gasteiger partial charge in [-0.1, -0.05) is 30.3 Å². The van der Waals surface area contributed by atoms with Crippen molar-refractivity contribution in [3.05, 3.63) is 35.9 Å². The van der Waals surface area contributed by atoms with Gasteiger partial charge in [0.25, 0.3) is 0 Å². The van der Waals surface area contributed by atoms with E-state index in [9.17, 15) is 4.79 Å². The Bertz CT molecular complexity index is 388. The van der Waals surface area contributed by atoms with Crippen LogP contribution in [0.4, 0.5) is 0 Å². The lowest BCUT2D eigenvalue weighted by Gasteiger charge is -2.21. The van der Waals surface area contributed by atoms with Crippen LogP contribution in [0.25, 0.3) is 0 Å². The average Bonchev–Trinajstić information content (AvgIpc) is 2.98. The lowest BCUT2D eigenvalue weighted by Crippen LogP contribution is -2.37. The van der Waals surface area contributed by atoms with E-state index in [4.69, 9.17) is 9.84 Å². The zero-order chi connectivity index (χ0) is 13.5. The van der Waals surface area contributed by atoms with E-state index in [0.29, 0.717) is 13.0 Å². The largest absolute Gasteiger partial charge is 0.396 e. The number of carbonyl (C=O) groups excluding carboxylic acids is 1. The van der Waals surface area contributed by atoms with Crippen molar-refractivity contribution in [2.75, 3.05) is 13.2 Å². The maximum absolute atomic E-state index is 12.1. The molecule has 0 radical (unpaired) electrons. The maximum atomic E-state index is 12.1. The van der Waals surface area contributed by atoms with Crippen LogP contribution in [0.2, 0.25) is 0 Å². The molecule has 19 heavy (non-hydrogen) atoms. The topological polar surface area (TPSA) is 58.6 Å². The van der Waals surface area contributed by atoms with Gasteiger partial charge < -0.3 is 15.2 Å². The number of rotatable bonds is 6. The van der Waals surface area contributed by atoms with Gasteiger partial charge in [-0.25, -0.2) is 0 Å². The lowest BCUT2D eigenvalue weighted by atomic mass is 10.0. The fraction of sp³-hybridized carbons (Fsp3) is 0.533. The SMILES string of the molecule is O=C(NC(CCCO)c1ccccc1)C1CCCO1. The van der Waals surface area contributed by atoms with Crippen LogP contribution in [0, 0.1) is 0 Å². The molecule has 0 saturated carbocycles. The average molecular weight is 263 g/mol. The molecular formula is C15H21NO3. The highest BCUT2D eigenvalue weighted by Crippen LogP contribution is 2.20. The Morgan fingerprint density at radius 2 is 2.21 bits per heavy atom. The third kappa shape index (κ3) is 4.04. The van der Waals surface area contributed by atoms with Crippen LogP contribution in [-0.2, 0) is 9.53 Å². The number of aliphatic hydroxyl groups is 1. The van der Waals surface area contributed by atoms with Crippen molar-refractivity contribution < 1.29 is 14.6 Å². The molecule has 1 aromatic carbocycles. The van der Waals surface area contributed by atoms with Gasteiger partial charge in [0.1, 0.15) is 6.10 Å². The number of nitrogens with one attached hydrogen (secondary N) is 1. The van der Waals surface area contributed by atoms with Crippen LogP contribution < -0.4 is 5.32 Å². The molecule has 104 valence electrons. The van der Waals surface area contributed by atoms with Crippen molar-refractivity contribution in [3.8, 4) is 0 Å². The van der Waals surface area contributed by atoms with Crippen molar-refractivity contribution in [2.24, 2.45) is 0 Å². The molecule has 1 aromatic rings. The molecule has 1 aliphatic rings. The third-order valence-corrected chi connectivity index (χ3v) is 3.39. The van der Waals surface area contributed by atoms with E-state index in [2.05, 4.69) is 5.32 Å². The highest BCUT2D eigenvalue weighted by Gasteiger charge is 2.25. The molecule has 2 N–H and O–H groups in total. The van der Waals surface area contributed by atoms with E-state index < -0.39 is 0 Å². The molecule has 2 unspecified atom stereocenters. The van der Waals surface area contributed by atoms with Crippen molar-refractivity contribution >= 4 is 5.91 Å². The Balaban J connectivity index is 1.99. The number of amides is 1. The van der Waals surface area contributed by atoms with Crippen molar-refractivity contribution in [1.29, 1.82) is 0 Å². The first-order chi connectivity index (χ1) is 9.31. The van der Waals surface area contributed by atoms with Gasteiger partial charge in [-0.3, -0.25) is 4.79 Å². The Morgan fingerprint density at radius 1 is 1.42 bits per heavy atom. The highest BCUT2D eigenvalue weighted by atomic mass is 16.5. The monoisotopic (exact) mass is 263 g/mol. The van der Waals surface area contributed by atoms with Gasteiger partial charge in [0, 0.05) is 13.2 Å². The van der Waals surface area contributed by atoms with Crippen LogP contribution in [-0.4, -0.2) is 30.3 Å². The first-order valence-electron chi connectivity index (χ1n) is 6.89. The van der Waals surface area contributed by atoms with Crippen molar-refractivity contribution in [3.63, 3.8) is 0 Å². The summed E-state index contributed by atoms with van der Waals surface area (Å²) >= 11 is 0. The molecule has 1 fully saturated rings. The Kier molecular flexibility index (Phi) is 5.36. The van der Waals surface area contributed by atoms with Crippen LogP contribution >= 0.6 is 0 Å². The second-order valence-corrected chi connectivity index (χ2v) is 4.84. The summed E-state index contributed by atoms with van der Waals surface area (Å²) in [7, 11) is 0. The third-order valence-electron chi connectivity index (χ3n) is 3.39. The highest BCUT2D eigenvalue weighted by molar-refractivity contribution is 5.81. The minimum absolute atomic E-state index is 0.0377. The lowest BCUT2D eigenvalue weighted by molar-refractivity contribution is -0.130. The molecule has 2 atom stereocenters. The van der Waals surface area contributed by atoms with E-state index in [1.807, 2.05) is 30.3 Å². The molecule has 0 spiro atoms. The van der Waals surface area contributed by atoms with E-state index in [-0.39, 0.29) is 24.7 Å². The molecule has 0 aliphatic carbocycles. The zero-order valence-electron chi connectivity index (χ0n) is 11.0. The minimum Gasteiger partial charge on any atom is -0.396 e. The van der Waals surface area contributed by atoms with Gasteiger partial charge in [-0.15, -0.1) is 0 Å². The molecule has 1 saturated heterocycles. The molecule has 4 heteroatoms. The van der Waals surface area contributed by atoms with E-state index in [1.54, 1.807) is 0 Å². The molecule has 1 heterocycles. The predicted molar refractivity (Wildman–Crippen MR) is 72.6 cm³/mol. The molecular weight excluding hydrogens is 242 g/mol. The minimum atomic E-state index is -0.305. The summed E-state index contributed by atoms with van der Waals surface area (Å²) in [5, 5.41) is 12.0. The first-order valence-corrected chi connectivity index (χ1v) is 6.89. The molecule has 1 aliphatic heterocycles. The number of hydrogen-bond acceptors (Lipinski definition) is 3. The molecule has 1 amide bonds. The van der Waals surface area contributed by atoms with E-state index >= 15 is 0 Å².